The summed E-state index contributed by atoms with van der Waals surface area (Å²) in [5, 5.41) is 14.8. The number of phenolic OH excluding ortho intramolecular Hbond substituents is 1. The van der Waals surface area contributed by atoms with Crippen molar-refractivity contribution in [1.82, 2.24) is 9.88 Å². The zero-order chi connectivity index (χ0) is 17.7. The van der Waals surface area contributed by atoms with Gasteiger partial charge in [-0.1, -0.05) is 13.8 Å². The van der Waals surface area contributed by atoms with Crippen LogP contribution in [0.4, 0.5) is 5.69 Å². The van der Waals surface area contributed by atoms with Crippen molar-refractivity contribution in [3.8, 4) is 5.75 Å². The van der Waals surface area contributed by atoms with Crippen molar-refractivity contribution in [2.24, 2.45) is 0 Å². The first-order chi connectivity index (χ1) is 11.4. The molecule has 2 aromatic rings. The SMILES string of the molecule is CCN(CC)CCCC(C)Nc1cc(O)c2nc(C)cc(C)c2c1. The van der Waals surface area contributed by atoms with Crippen LogP contribution in [0.25, 0.3) is 10.9 Å². The molecule has 2 rings (SSSR count). The van der Waals surface area contributed by atoms with Gasteiger partial charge in [0.15, 0.2) is 0 Å². The number of hydrogen-bond donors (Lipinski definition) is 2. The second-order valence-electron chi connectivity index (χ2n) is 6.69. The van der Waals surface area contributed by atoms with Gasteiger partial charge in [0.2, 0.25) is 0 Å². The third-order valence-electron chi connectivity index (χ3n) is 4.65. The van der Waals surface area contributed by atoms with E-state index in [0.29, 0.717) is 11.6 Å². The Morgan fingerprint density at radius 2 is 1.88 bits per heavy atom. The molecule has 2 N–H and O–H groups in total. The lowest BCUT2D eigenvalue weighted by Gasteiger charge is -2.20. The summed E-state index contributed by atoms with van der Waals surface area (Å²) in [6.45, 7) is 14.0. The van der Waals surface area contributed by atoms with Gasteiger partial charge in [0.1, 0.15) is 11.3 Å². The minimum absolute atomic E-state index is 0.247. The highest BCUT2D eigenvalue weighted by Gasteiger charge is 2.10. The molecule has 1 aromatic heterocycles. The number of rotatable bonds is 8. The Balaban J connectivity index is 2.04. The van der Waals surface area contributed by atoms with Crippen molar-refractivity contribution < 1.29 is 5.11 Å². The van der Waals surface area contributed by atoms with E-state index in [1.807, 2.05) is 6.92 Å². The molecule has 0 aliphatic rings. The minimum Gasteiger partial charge on any atom is -0.506 e. The Labute approximate surface area is 145 Å². The predicted octanol–water partition coefficient (Wildman–Crippen LogP) is 4.48. The maximum Gasteiger partial charge on any atom is 0.143 e. The van der Waals surface area contributed by atoms with E-state index in [1.165, 1.54) is 6.42 Å². The summed E-state index contributed by atoms with van der Waals surface area (Å²) in [4.78, 5) is 6.91. The molecule has 1 aromatic carbocycles. The van der Waals surface area contributed by atoms with Gasteiger partial charge in [-0.2, -0.15) is 0 Å². The summed E-state index contributed by atoms with van der Waals surface area (Å²) < 4.78 is 0. The standard InChI is InChI=1S/C20H31N3O/c1-6-23(7-2)10-8-9-15(4)21-17-12-18-14(3)11-16(5)22-20(18)19(24)13-17/h11-13,15,21,24H,6-10H2,1-5H3. The zero-order valence-electron chi connectivity index (χ0n) is 15.7. The van der Waals surface area contributed by atoms with Crippen LogP contribution in [-0.2, 0) is 0 Å². The van der Waals surface area contributed by atoms with Crippen LogP contribution in [-0.4, -0.2) is 40.7 Å². The van der Waals surface area contributed by atoms with E-state index < -0.39 is 0 Å². The Morgan fingerprint density at radius 3 is 2.54 bits per heavy atom. The predicted molar refractivity (Wildman–Crippen MR) is 103 cm³/mol. The fourth-order valence-corrected chi connectivity index (χ4v) is 3.24. The van der Waals surface area contributed by atoms with Crippen molar-refractivity contribution in [2.45, 2.75) is 53.5 Å². The quantitative estimate of drug-likeness (QED) is 0.749. The maximum absolute atomic E-state index is 10.3. The smallest absolute Gasteiger partial charge is 0.143 e. The first-order valence-corrected chi connectivity index (χ1v) is 9.04. The van der Waals surface area contributed by atoms with Gasteiger partial charge in [0, 0.05) is 28.9 Å². The molecule has 0 saturated heterocycles. The number of hydrogen-bond acceptors (Lipinski definition) is 4. The van der Waals surface area contributed by atoms with E-state index in [1.54, 1.807) is 6.07 Å². The second kappa shape index (κ2) is 8.34. The summed E-state index contributed by atoms with van der Waals surface area (Å²) in [6.07, 6.45) is 2.29. The normalized spacial score (nSPS) is 12.8. The highest BCUT2D eigenvalue weighted by atomic mass is 16.3. The fourth-order valence-electron chi connectivity index (χ4n) is 3.24. The summed E-state index contributed by atoms with van der Waals surface area (Å²) in [5.74, 6) is 0.247. The molecular weight excluding hydrogens is 298 g/mol. The zero-order valence-corrected chi connectivity index (χ0v) is 15.7. The molecule has 1 unspecified atom stereocenters. The Kier molecular flexibility index (Phi) is 6.44. The molecule has 0 amide bonds. The minimum atomic E-state index is 0.247. The van der Waals surface area contributed by atoms with Crippen molar-refractivity contribution in [1.29, 1.82) is 0 Å². The van der Waals surface area contributed by atoms with Crippen LogP contribution in [0, 0.1) is 13.8 Å². The topological polar surface area (TPSA) is 48.4 Å². The van der Waals surface area contributed by atoms with E-state index >= 15 is 0 Å². The van der Waals surface area contributed by atoms with E-state index in [-0.39, 0.29) is 5.75 Å². The lowest BCUT2D eigenvalue weighted by atomic mass is 10.1. The number of fused-ring (bicyclic) bond motifs is 1. The third-order valence-corrected chi connectivity index (χ3v) is 4.65. The van der Waals surface area contributed by atoms with Gasteiger partial charge in [-0.05, 0) is 70.9 Å². The summed E-state index contributed by atoms with van der Waals surface area (Å²) in [7, 11) is 0. The molecule has 0 bridgehead atoms. The number of benzene rings is 1. The van der Waals surface area contributed by atoms with Crippen molar-refractivity contribution in [3.05, 3.63) is 29.5 Å². The number of nitrogens with one attached hydrogen (secondary N) is 1. The van der Waals surface area contributed by atoms with Crippen molar-refractivity contribution in [3.63, 3.8) is 0 Å². The molecule has 1 heterocycles. The van der Waals surface area contributed by atoms with Crippen LogP contribution in [0.3, 0.4) is 0 Å². The molecule has 4 nitrogen and oxygen atoms in total. The summed E-state index contributed by atoms with van der Waals surface area (Å²) in [6, 6.07) is 6.31. The number of nitrogens with zero attached hydrogens (tertiary/aromatic N) is 2. The van der Waals surface area contributed by atoms with Gasteiger partial charge < -0.3 is 15.3 Å². The highest BCUT2D eigenvalue weighted by molar-refractivity contribution is 5.90. The monoisotopic (exact) mass is 329 g/mol. The average molecular weight is 329 g/mol. The number of pyridine rings is 1. The molecule has 0 aliphatic heterocycles. The van der Waals surface area contributed by atoms with Crippen LogP contribution in [0.1, 0.15) is 44.9 Å². The lowest BCUT2D eigenvalue weighted by molar-refractivity contribution is 0.295. The van der Waals surface area contributed by atoms with E-state index in [0.717, 1.165) is 48.4 Å². The van der Waals surface area contributed by atoms with Crippen LogP contribution in [0.15, 0.2) is 18.2 Å². The fraction of sp³-hybridized carbons (Fsp3) is 0.550. The molecule has 4 heteroatoms. The van der Waals surface area contributed by atoms with E-state index in [2.05, 4.69) is 55.0 Å². The van der Waals surface area contributed by atoms with Crippen LogP contribution in [0.2, 0.25) is 0 Å². The molecule has 0 aliphatic carbocycles. The molecule has 24 heavy (non-hydrogen) atoms. The Morgan fingerprint density at radius 1 is 1.17 bits per heavy atom. The highest BCUT2D eigenvalue weighted by Crippen LogP contribution is 2.30. The summed E-state index contributed by atoms with van der Waals surface area (Å²) >= 11 is 0. The van der Waals surface area contributed by atoms with Crippen LogP contribution in [0.5, 0.6) is 5.75 Å². The molecule has 1 atom stereocenters. The molecular formula is C20H31N3O. The first kappa shape index (κ1) is 18.5. The van der Waals surface area contributed by atoms with Gasteiger partial charge in [-0.25, -0.2) is 4.98 Å². The average Bonchev–Trinajstić information content (AvgIpc) is 2.53. The Bertz CT molecular complexity index is 680. The number of anilines is 1. The number of aromatic hydroxyl groups is 1. The second-order valence-corrected chi connectivity index (χ2v) is 6.69. The van der Waals surface area contributed by atoms with Crippen LogP contribution < -0.4 is 5.32 Å². The first-order valence-electron chi connectivity index (χ1n) is 9.04. The molecule has 0 radical (unpaired) electrons. The largest absolute Gasteiger partial charge is 0.506 e. The number of aromatic nitrogens is 1. The van der Waals surface area contributed by atoms with E-state index in [9.17, 15) is 5.11 Å². The van der Waals surface area contributed by atoms with Crippen molar-refractivity contribution in [2.75, 3.05) is 25.0 Å². The van der Waals surface area contributed by atoms with Gasteiger partial charge in [-0.3, -0.25) is 0 Å². The lowest BCUT2D eigenvalue weighted by Crippen LogP contribution is -2.25. The van der Waals surface area contributed by atoms with Crippen LogP contribution >= 0.6 is 0 Å². The van der Waals surface area contributed by atoms with Gasteiger partial charge in [0.05, 0.1) is 0 Å². The summed E-state index contributed by atoms with van der Waals surface area (Å²) in [5.41, 5.74) is 3.72. The van der Waals surface area contributed by atoms with Crippen molar-refractivity contribution >= 4 is 16.6 Å². The van der Waals surface area contributed by atoms with Gasteiger partial charge in [0.25, 0.3) is 0 Å². The number of phenols is 1. The third kappa shape index (κ3) is 4.60. The number of aryl methyl sites for hydroxylation is 2. The molecule has 0 spiro atoms. The Hall–Kier alpha value is -1.81. The molecule has 132 valence electrons. The molecule has 0 saturated carbocycles. The maximum atomic E-state index is 10.3. The van der Waals surface area contributed by atoms with Gasteiger partial charge >= 0.3 is 0 Å². The van der Waals surface area contributed by atoms with E-state index in [4.69, 9.17) is 0 Å². The molecule has 0 fully saturated rings. The van der Waals surface area contributed by atoms with Gasteiger partial charge in [-0.15, -0.1) is 0 Å².